The van der Waals surface area contributed by atoms with E-state index < -0.39 is 5.60 Å². The normalized spacial score (nSPS) is 13.4. The number of thioether (sulfide) groups is 1. The summed E-state index contributed by atoms with van der Waals surface area (Å²) in [5, 5.41) is 2.81. The van der Waals surface area contributed by atoms with E-state index in [0.717, 1.165) is 12.2 Å². The number of hydrogen-bond donors (Lipinski definition) is 2. The van der Waals surface area contributed by atoms with Crippen LogP contribution in [-0.4, -0.2) is 35.5 Å². The third kappa shape index (κ3) is 8.93. The van der Waals surface area contributed by atoms with Gasteiger partial charge in [-0.1, -0.05) is 0 Å². The maximum Gasteiger partial charge on any atom is 0.407 e. The number of thiol groups is 1. The highest BCUT2D eigenvalue weighted by Gasteiger charge is 2.18. The van der Waals surface area contributed by atoms with Crippen LogP contribution < -0.4 is 5.32 Å². The smallest absolute Gasteiger partial charge is 0.407 e. The van der Waals surface area contributed by atoms with Gasteiger partial charge in [-0.25, -0.2) is 4.79 Å². The topological polar surface area (TPSA) is 38.3 Å². The largest absolute Gasteiger partial charge is 0.444 e. The van der Waals surface area contributed by atoms with Gasteiger partial charge in [-0.3, -0.25) is 0 Å². The Kier molecular flexibility index (Phi) is 7.26. The summed E-state index contributed by atoms with van der Waals surface area (Å²) in [4.78, 5) is 11.4. The van der Waals surface area contributed by atoms with E-state index in [1.807, 2.05) is 27.0 Å². The molecule has 0 rings (SSSR count). The predicted octanol–water partition coefficient (Wildman–Crippen LogP) is 2.56. The van der Waals surface area contributed by atoms with Gasteiger partial charge in [-0.2, -0.15) is 24.4 Å². The van der Waals surface area contributed by atoms with E-state index in [1.165, 1.54) is 0 Å². The predicted molar refractivity (Wildman–Crippen MR) is 70.0 cm³/mol. The van der Waals surface area contributed by atoms with E-state index in [0.29, 0.717) is 5.75 Å². The summed E-state index contributed by atoms with van der Waals surface area (Å²) in [6, 6.07) is 0.0932. The van der Waals surface area contributed by atoms with Crippen LogP contribution in [0.4, 0.5) is 4.79 Å². The molecule has 0 bridgehead atoms. The van der Waals surface area contributed by atoms with Crippen LogP contribution >= 0.6 is 24.4 Å². The van der Waals surface area contributed by atoms with Crippen molar-refractivity contribution in [2.45, 2.75) is 38.8 Å². The average Bonchev–Trinajstić information content (AvgIpc) is 2.09. The summed E-state index contributed by atoms with van der Waals surface area (Å²) < 4.78 is 5.16. The van der Waals surface area contributed by atoms with Crippen molar-refractivity contribution in [2.24, 2.45) is 0 Å². The highest BCUT2D eigenvalue weighted by Crippen LogP contribution is 2.08. The Balaban J connectivity index is 3.91. The first-order valence-electron chi connectivity index (χ1n) is 4.98. The molecule has 0 fully saturated rings. The summed E-state index contributed by atoms with van der Waals surface area (Å²) in [6.45, 7) is 5.55. The van der Waals surface area contributed by atoms with Crippen molar-refractivity contribution in [1.82, 2.24) is 5.32 Å². The number of amides is 1. The van der Waals surface area contributed by atoms with Crippen molar-refractivity contribution in [3.63, 3.8) is 0 Å². The SMILES string of the molecule is CSCC[C@@H](CS)NC(=O)OC(C)(C)C. The highest BCUT2D eigenvalue weighted by molar-refractivity contribution is 7.98. The van der Waals surface area contributed by atoms with E-state index in [1.54, 1.807) is 11.8 Å². The molecule has 1 atom stereocenters. The minimum Gasteiger partial charge on any atom is -0.444 e. The molecule has 5 heteroatoms. The Hall–Kier alpha value is -0.0300. The van der Waals surface area contributed by atoms with Gasteiger partial charge in [0.2, 0.25) is 0 Å². The van der Waals surface area contributed by atoms with Gasteiger partial charge in [0.25, 0.3) is 0 Å². The fraction of sp³-hybridized carbons (Fsp3) is 0.900. The molecule has 3 nitrogen and oxygen atoms in total. The summed E-state index contributed by atoms with van der Waals surface area (Å²) in [7, 11) is 0. The quantitative estimate of drug-likeness (QED) is 0.738. The molecule has 0 spiro atoms. The van der Waals surface area contributed by atoms with Crippen LogP contribution in [0.2, 0.25) is 0 Å². The Morgan fingerprint density at radius 2 is 2.13 bits per heavy atom. The first-order valence-corrected chi connectivity index (χ1v) is 7.01. The molecule has 0 saturated heterocycles. The van der Waals surface area contributed by atoms with E-state index >= 15 is 0 Å². The standard InChI is InChI=1S/C10H21NO2S2/c1-10(2,3)13-9(12)11-8(7-14)5-6-15-4/h8,14H,5-7H2,1-4H3,(H,11,12)/t8-/m0/s1. The maximum absolute atomic E-state index is 11.4. The summed E-state index contributed by atoms with van der Waals surface area (Å²) in [5.41, 5.74) is -0.440. The molecule has 15 heavy (non-hydrogen) atoms. The zero-order chi connectivity index (χ0) is 11.9. The molecule has 0 unspecified atom stereocenters. The minimum atomic E-state index is -0.440. The van der Waals surface area contributed by atoms with Crippen LogP contribution in [0.3, 0.4) is 0 Å². The molecule has 0 aliphatic heterocycles. The highest BCUT2D eigenvalue weighted by atomic mass is 32.2. The molecule has 0 aromatic carbocycles. The van der Waals surface area contributed by atoms with Gasteiger partial charge in [0.15, 0.2) is 0 Å². The van der Waals surface area contributed by atoms with Gasteiger partial charge in [-0.05, 0) is 39.2 Å². The number of carbonyl (C=O) groups excluding carboxylic acids is 1. The monoisotopic (exact) mass is 251 g/mol. The zero-order valence-corrected chi connectivity index (χ0v) is 11.6. The van der Waals surface area contributed by atoms with Crippen molar-refractivity contribution in [2.75, 3.05) is 17.8 Å². The van der Waals surface area contributed by atoms with Gasteiger partial charge >= 0.3 is 6.09 Å². The molecule has 0 radical (unpaired) electrons. The maximum atomic E-state index is 11.4. The number of carbonyl (C=O) groups is 1. The molecule has 1 N–H and O–H groups in total. The Morgan fingerprint density at radius 3 is 2.53 bits per heavy atom. The molecule has 0 aromatic heterocycles. The fourth-order valence-corrected chi connectivity index (χ4v) is 1.74. The second-order valence-electron chi connectivity index (χ2n) is 4.31. The molecule has 0 aliphatic rings. The lowest BCUT2D eigenvalue weighted by atomic mass is 10.2. The van der Waals surface area contributed by atoms with Gasteiger partial charge < -0.3 is 10.1 Å². The van der Waals surface area contributed by atoms with Crippen LogP contribution in [0.15, 0.2) is 0 Å². The van der Waals surface area contributed by atoms with E-state index in [9.17, 15) is 4.79 Å². The lowest BCUT2D eigenvalue weighted by molar-refractivity contribution is 0.0509. The van der Waals surface area contributed by atoms with Gasteiger partial charge in [0, 0.05) is 11.8 Å². The molecule has 0 aliphatic carbocycles. The Morgan fingerprint density at radius 1 is 1.53 bits per heavy atom. The number of hydrogen-bond acceptors (Lipinski definition) is 4. The van der Waals surface area contributed by atoms with E-state index in [-0.39, 0.29) is 12.1 Å². The van der Waals surface area contributed by atoms with Gasteiger partial charge in [0.1, 0.15) is 5.60 Å². The second-order valence-corrected chi connectivity index (χ2v) is 5.66. The Bertz CT molecular complexity index is 192. The van der Waals surface area contributed by atoms with Crippen LogP contribution in [0.1, 0.15) is 27.2 Å². The van der Waals surface area contributed by atoms with Crippen molar-refractivity contribution in [3.8, 4) is 0 Å². The molecular weight excluding hydrogens is 230 g/mol. The van der Waals surface area contributed by atoms with E-state index in [2.05, 4.69) is 17.9 Å². The summed E-state index contributed by atoms with van der Waals surface area (Å²) >= 11 is 5.95. The first-order chi connectivity index (χ1) is 6.89. The van der Waals surface area contributed by atoms with Gasteiger partial charge in [-0.15, -0.1) is 0 Å². The minimum absolute atomic E-state index is 0.0932. The van der Waals surface area contributed by atoms with Crippen LogP contribution in [0.5, 0.6) is 0 Å². The fourth-order valence-electron chi connectivity index (χ4n) is 0.943. The van der Waals surface area contributed by atoms with Crippen molar-refractivity contribution in [1.29, 1.82) is 0 Å². The molecule has 1 amide bonds. The number of alkyl carbamates (subject to hydrolysis) is 1. The molecule has 90 valence electrons. The lowest BCUT2D eigenvalue weighted by Crippen LogP contribution is -2.40. The van der Waals surface area contributed by atoms with Crippen LogP contribution in [0, 0.1) is 0 Å². The van der Waals surface area contributed by atoms with Crippen molar-refractivity contribution >= 4 is 30.5 Å². The second kappa shape index (κ2) is 7.28. The number of nitrogens with one attached hydrogen (secondary N) is 1. The molecule has 0 aromatic rings. The summed E-state index contributed by atoms with van der Waals surface area (Å²) in [5.74, 6) is 1.65. The zero-order valence-electron chi connectivity index (χ0n) is 9.87. The molecule has 0 heterocycles. The third-order valence-corrected chi connectivity index (χ3v) is 2.70. The number of ether oxygens (including phenoxy) is 1. The number of rotatable bonds is 5. The van der Waals surface area contributed by atoms with Crippen LogP contribution in [0.25, 0.3) is 0 Å². The van der Waals surface area contributed by atoms with Crippen LogP contribution in [-0.2, 0) is 4.74 Å². The lowest BCUT2D eigenvalue weighted by Gasteiger charge is -2.22. The molecule has 0 saturated carbocycles. The van der Waals surface area contributed by atoms with Crippen molar-refractivity contribution in [3.05, 3.63) is 0 Å². The molecular formula is C10H21NO2S2. The Labute approximate surface area is 102 Å². The third-order valence-electron chi connectivity index (χ3n) is 1.61. The van der Waals surface area contributed by atoms with Crippen molar-refractivity contribution < 1.29 is 9.53 Å². The van der Waals surface area contributed by atoms with Gasteiger partial charge in [0.05, 0.1) is 0 Å². The first kappa shape index (κ1) is 15.0. The summed E-state index contributed by atoms with van der Waals surface area (Å²) in [6.07, 6.45) is 2.61. The van der Waals surface area contributed by atoms with E-state index in [4.69, 9.17) is 4.74 Å². The average molecular weight is 251 g/mol.